The number of aliphatic carboxylic acids is 1. The maximum atomic E-state index is 9.88. The van der Waals surface area contributed by atoms with Crippen molar-refractivity contribution in [2.24, 2.45) is 0 Å². The molecule has 1 N–H and O–H groups in total. The molecule has 0 aromatic heterocycles. The average molecular weight is 279 g/mol. The number of rotatable bonds is 2. The number of alkyl halides is 2. The molecule has 1 atom stereocenters. The third kappa shape index (κ3) is 3.28. The van der Waals surface area contributed by atoms with Crippen LogP contribution in [0.3, 0.4) is 0 Å². The summed E-state index contributed by atoms with van der Waals surface area (Å²) in [5.74, 6) is -0.797. The van der Waals surface area contributed by atoms with Crippen molar-refractivity contribution in [3.05, 3.63) is 0 Å². The summed E-state index contributed by atoms with van der Waals surface area (Å²) in [6, 6.07) is 0. The smallest absolute Gasteiger partial charge is 0.318 e. The van der Waals surface area contributed by atoms with E-state index in [1.54, 1.807) is 0 Å². The summed E-state index contributed by atoms with van der Waals surface area (Å²) >= 11 is 4.94. The lowest BCUT2D eigenvalue weighted by molar-refractivity contribution is -0.135. The molecule has 0 aromatic carbocycles. The molecule has 7 heavy (non-hydrogen) atoms. The maximum absolute atomic E-state index is 9.88. The summed E-state index contributed by atoms with van der Waals surface area (Å²) in [6.07, 6.45) is 0. The highest BCUT2D eigenvalue weighted by molar-refractivity contribution is 14.1. The summed E-state index contributed by atoms with van der Waals surface area (Å²) in [7, 11) is 0. The molecule has 0 saturated carbocycles. The van der Waals surface area contributed by atoms with Gasteiger partial charge in [0.05, 0.1) is 0 Å². The van der Waals surface area contributed by atoms with Gasteiger partial charge in [-0.3, -0.25) is 4.79 Å². The second-order valence-electron chi connectivity index (χ2n) is 0.960. The Hall–Kier alpha value is 0.680. The van der Waals surface area contributed by atoms with E-state index in [1.165, 1.54) is 0 Å². The van der Waals surface area contributed by atoms with Crippen LogP contribution in [-0.2, 0) is 4.79 Å². The van der Waals surface area contributed by atoms with Crippen LogP contribution < -0.4 is 0 Å². The lowest BCUT2D eigenvalue weighted by Crippen LogP contribution is -2.12. The number of hydrogen-bond donors (Lipinski definition) is 1. The van der Waals surface area contributed by atoms with Crippen molar-refractivity contribution in [2.75, 3.05) is 4.43 Å². The first-order chi connectivity index (χ1) is 3.18. The molecule has 0 fully saturated rings. The Morgan fingerprint density at radius 2 is 2.43 bits per heavy atom. The van der Waals surface area contributed by atoms with E-state index in [0.29, 0.717) is 4.43 Å². The Balaban J connectivity index is 3.34. The van der Waals surface area contributed by atoms with Gasteiger partial charge in [0.1, 0.15) is 4.83 Å². The van der Waals surface area contributed by atoms with E-state index in [1.807, 2.05) is 22.6 Å². The van der Waals surface area contributed by atoms with Crippen LogP contribution in [0.15, 0.2) is 0 Å². The molecule has 0 rings (SSSR count). The van der Waals surface area contributed by atoms with E-state index < -0.39 is 5.97 Å². The van der Waals surface area contributed by atoms with Crippen molar-refractivity contribution in [3.63, 3.8) is 0 Å². The van der Waals surface area contributed by atoms with E-state index in [9.17, 15) is 4.79 Å². The van der Waals surface area contributed by atoms with Crippen molar-refractivity contribution in [3.8, 4) is 0 Å². The molecule has 0 amide bonds. The second-order valence-corrected chi connectivity index (χ2v) is 2.95. The summed E-state index contributed by atoms with van der Waals surface area (Å²) in [6.45, 7) is 0. The molecule has 2 nitrogen and oxygen atoms in total. The topological polar surface area (TPSA) is 37.3 Å². The summed E-state index contributed by atoms with van der Waals surface area (Å²) < 4.78 is 0.604. The lowest BCUT2D eigenvalue weighted by atomic mass is 10.5. The molecular formula is C3H4BrIO2. The monoisotopic (exact) mass is 278 g/mol. The Morgan fingerprint density at radius 1 is 2.00 bits per heavy atom. The molecule has 0 radical (unpaired) electrons. The molecule has 0 aromatic rings. The van der Waals surface area contributed by atoms with Gasteiger partial charge in [-0.2, -0.15) is 0 Å². The first kappa shape index (κ1) is 7.68. The predicted octanol–water partition coefficient (Wildman–Crippen LogP) is 1.27. The van der Waals surface area contributed by atoms with E-state index in [2.05, 4.69) is 15.9 Å². The fourth-order valence-corrected chi connectivity index (χ4v) is 0.443. The molecule has 42 valence electrons. The first-order valence-corrected chi connectivity index (χ1v) is 4.05. The number of hydrogen-bond acceptors (Lipinski definition) is 1. The average Bonchev–Trinajstić information content (AvgIpc) is 1.65. The van der Waals surface area contributed by atoms with Crippen LogP contribution in [0.1, 0.15) is 0 Å². The van der Waals surface area contributed by atoms with Gasteiger partial charge < -0.3 is 5.11 Å². The number of carbonyl (C=O) groups is 1. The fourth-order valence-electron chi connectivity index (χ4n) is 0.0660. The van der Waals surface area contributed by atoms with Crippen molar-refractivity contribution < 1.29 is 9.90 Å². The molecule has 0 aliphatic rings. The Bertz CT molecular complexity index is 75.3. The van der Waals surface area contributed by atoms with Crippen LogP contribution in [0.25, 0.3) is 0 Å². The number of carboxylic acid groups (broad SMARTS) is 1. The minimum Gasteiger partial charge on any atom is -0.480 e. The third-order valence-electron chi connectivity index (χ3n) is 0.403. The lowest BCUT2D eigenvalue weighted by Gasteiger charge is -1.93. The van der Waals surface area contributed by atoms with Gasteiger partial charge in [0.2, 0.25) is 0 Å². The molecule has 0 saturated heterocycles. The Labute approximate surface area is 63.6 Å². The molecule has 1 unspecified atom stereocenters. The second kappa shape index (κ2) is 3.65. The summed E-state index contributed by atoms with van der Waals surface area (Å²) in [5.41, 5.74) is 0. The standard InChI is InChI=1S/C3H4BrIO2/c4-2(1-5)3(6)7/h2H,1H2,(H,6,7). The quantitative estimate of drug-likeness (QED) is 0.610. The largest absolute Gasteiger partial charge is 0.480 e. The van der Waals surface area contributed by atoms with Gasteiger partial charge in [-0.25, -0.2) is 0 Å². The highest BCUT2D eigenvalue weighted by Crippen LogP contribution is 2.02. The Morgan fingerprint density at radius 3 is 2.43 bits per heavy atom. The molecule has 0 bridgehead atoms. The minimum atomic E-state index is -0.797. The molecular weight excluding hydrogens is 275 g/mol. The van der Waals surface area contributed by atoms with Crippen LogP contribution in [-0.4, -0.2) is 20.3 Å². The van der Waals surface area contributed by atoms with E-state index in [-0.39, 0.29) is 4.83 Å². The van der Waals surface area contributed by atoms with Crippen molar-refractivity contribution in [1.82, 2.24) is 0 Å². The third-order valence-corrected chi connectivity index (χ3v) is 3.21. The zero-order chi connectivity index (χ0) is 5.86. The molecule has 0 aliphatic heterocycles. The normalized spacial score (nSPS) is 13.4. The molecule has 0 spiro atoms. The van der Waals surface area contributed by atoms with Crippen LogP contribution in [0, 0.1) is 0 Å². The maximum Gasteiger partial charge on any atom is 0.318 e. The molecule has 0 aliphatic carbocycles. The highest BCUT2D eigenvalue weighted by Gasteiger charge is 2.08. The predicted molar refractivity (Wildman–Crippen MR) is 39.2 cm³/mol. The zero-order valence-electron chi connectivity index (χ0n) is 3.40. The van der Waals surface area contributed by atoms with Gasteiger partial charge in [0.25, 0.3) is 0 Å². The summed E-state index contributed by atoms with van der Waals surface area (Å²) in [4.78, 5) is 9.50. The number of halogens is 2. The highest BCUT2D eigenvalue weighted by atomic mass is 127. The van der Waals surface area contributed by atoms with E-state index >= 15 is 0 Å². The van der Waals surface area contributed by atoms with Crippen molar-refractivity contribution in [1.29, 1.82) is 0 Å². The van der Waals surface area contributed by atoms with Gasteiger partial charge in [0, 0.05) is 4.43 Å². The van der Waals surface area contributed by atoms with E-state index in [0.717, 1.165) is 0 Å². The van der Waals surface area contributed by atoms with Crippen LogP contribution in [0.2, 0.25) is 0 Å². The number of carboxylic acids is 1. The fraction of sp³-hybridized carbons (Fsp3) is 0.667. The van der Waals surface area contributed by atoms with Crippen LogP contribution in [0.5, 0.6) is 0 Å². The van der Waals surface area contributed by atoms with Crippen molar-refractivity contribution in [2.45, 2.75) is 4.83 Å². The van der Waals surface area contributed by atoms with Crippen LogP contribution in [0.4, 0.5) is 0 Å². The van der Waals surface area contributed by atoms with Gasteiger partial charge in [-0.15, -0.1) is 0 Å². The van der Waals surface area contributed by atoms with Gasteiger partial charge in [-0.1, -0.05) is 38.5 Å². The summed E-state index contributed by atoms with van der Waals surface area (Å²) in [5, 5.41) is 8.13. The van der Waals surface area contributed by atoms with E-state index in [4.69, 9.17) is 5.11 Å². The molecule has 0 heterocycles. The SMILES string of the molecule is O=C(O)C(Br)CI. The Kier molecular flexibility index (Phi) is 4.01. The van der Waals surface area contributed by atoms with Crippen molar-refractivity contribution >= 4 is 44.5 Å². The van der Waals surface area contributed by atoms with Gasteiger partial charge >= 0.3 is 5.97 Å². The zero-order valence-corrected chi connectivity index (χ0v) is 7.14. The first-order valence-electron chi connectivity index (χ1n) is 1.61. The van der Waals surface area contributed by atoms with Gasteiger partial charge in [-0.05, 0) is 0 Å². The minimum absolute atomic E-state index is 0.381. The van der Waals surface area contributed by atoms with Crippen LogP contribution >= 0.6 is 38.5 Å². The molecule has 4 heteroatoms. The van der Waals surface area contributed by atoms with Gasteiger partial charge in [0.15, 0.2) is 0 Å².